The van der Waals surface area contributed by atoms with Gasteiger partial charge in [0.05, 0.1) is 11.0 Å². The fourth-order valence-corrected chi connectivity index (χ4v) is 3.01. The number of amides is 1. The Kier molecular flexibility index (Phi) is 3.83. The third-order valence-electron chi connectivity index (χ3n) is 4.77. The van der Waals surface area contributed by atoms with Crippen LogP contribution in [0.4, 0.5) is 0 Å². The molecule has 0 radical (unpaired) electrons. The predicted molar refractivity (Wildman–Crippen MR) is 88.8 cm³/mol. The Bertz CT molecular complexity index is 877. The first-order chi connectivity index (χ1) is 10.9. The molecule has 122 valence electrons. The third-order valence-corrected chi connectivity index (χ3v) is 4.77. The zero-order valence-corrected chi connectivity index (χ0v) is 13.6. The molecule has 3 rings (SSSR count). The lowest BCUT2D eigenvalue weighted by atomic mass is 10.1. The Morgan fingerprint density at radius 3 is 2.70 bits per heavy atom. The van der Waals surface area contributed by atoms with E-state index >= 15 is 0 Å². The number of aromatic nitrogens is 2. The molecule has 1 atom stereocenters. The second-order valence-corrected chi connectivity index (χ2v) is 6.23. The molecule has 1 aliphatic carbocycles. The van der Waals surface area contributed by atoms with E-state index in [0.717, 1.165) is 0 Å². The van der Waals surface area contributed by atoms with E-state index in [4.69, 9.17) is 0 Å². The molecule has 0 saturated heterocycles. The van der Waals surface area contributed by atoms with Gasteiger partial charge in [0.2, 0.25) is 0 Å². The summed E-state index contributed by atoms with van der Waals surface area (Å²) in [5, 5.41) is 0. The summed E-state index contributed by atoms with van der Waals surface area (Å²) < 4.78 is 1.42. The van der Waals surface area contributed by atoms with Gasteiger partial charge in [0.25, 0.3) is 5.91 Å². The summed E-state index contributed by atoms with van der Waals surface area (Å²) in [7, 11) is 1.81. The Balaban J connectivity index is 2.03. The van der Waals surface area contributed by atoms with Crippen molar-refractivity contribution in [1.82, 2.24) is 14.5 Å². The van der Waals surface area contributed by atoms with Gasteiger partial charge in [0, 0.05) is 25.2 Å². The van der Waals surface area contributed by atoms with Crippen LogP contribution in [0.15, 0.2) is 27.8 Å². The maximum atomic E-state index is 12.6. The molecule has 1 unspecified atom stereocenters. The lowest BCUT2D eigenvalue weighted by Crippen LogP contribution is -2.37. The van der Waals surface area contributed by atoms with Crippen LogP contribution in [0, 0.1) is 5.92 Å². The second kappa shape index (κ2) is 5.68. The fraction of sp³-hybridized carbons (Fsp3) is 0.471. The molecule has 0 aliphatic heterocycles. The number of H-pyrrole nitrogens is 1. The van der Waals surface area contributed by atoms with E-state index in [9.17, 15) is 14.4 Å². The molecule has 1 aromatic carbocycles. The maximum Gasteiger partial charge on any atom is 0.316 e. The van der Waals surface area contributed by atoms with Crippen molar-refractivity contribution < 1.29 is 4.79 Å². The number of carbonyl (C=O) groups excluding carboxylic acids is 1. The van der Waals surface area contributed by atoms with Gasteiger partial charge in [-0.05, 0) is 50.8 Å². The number of aromatic amines is 1. The smallest absolute Gasteiger partial charge is 0.316 e. The quantitative estimate of drug-likeness (QED) is 0.870. The molecule has 1 fully saturated rings. The number of nitrogens with zero attached hydrogens (tertiary/aromatic N) is 2. The van der Waals surface area contributed by atoms with Gasteiger partial charge < -0.3 is 14.5 Å². The predicted octanol–water partition coefficient (Wildman–Crippen LogP) is 1.58. The molecule has 1 heterocycles. The summed E-state index contributed by atoms with van der Waals surface area (Å²) >= 11 is 0. The number of carbonyl (C=O) groups is 1. The average molecular weight is 315 g/mol. The van der Waals surface area contributed by atoms with Crippen molar-refractivity contribution in [1.29, 1.82) is 0 Å². The van der Waals surface area contributed by atoms with Crippen LogP contribution in [-0.2, 0) is 6.54 Å². The monoisotopic (exact) mass is 315 g/mol. The van der Waals surface area contributed by atoms with Crippen molar-refractivity contribution in [3.05, 3.63) is 44.5 Å². The molecule has 1 N–H and O–H groups in total. The normalized spacial score (nSPS) is 15.6. The van der Waals surface area contributed by atoms with Gasteiger partial charge >= 0.3 is 11.1 Å². The highest BCUT2D eigenvalue weighted by atomic mass is 16.2. The molecular weight excluding hydrogens is 294 g/mol. The average Bonchev–Trinajstić information content (AvgIpc) is 3.38. The first-order valence-corrected chi connectivity index (χ1v) is 7.98. The molecule has 1 saturated carbocycles. The van der Waals surface area contributed by atoms with Crippen molar-refractivity contribution in [2.24, 2.45) is 5.92 Å². The minimum Gasteiger partial charge on any atom is -0.339 e. The largest absolute Gasteiger partial charge is 0.339 e. The topological polar surface area (TPSA) is 75.2 Å². The van der Waals surface area contributed by atoms with Gasteiger partial charge in [-0.2, -0.15) is 0 Å². The molecule has 1 aliphatic rings. The van der Waals surface area contributed by atoms with Crippen molar-refractivity contribution in [2.45, 2.75) is 39.3 Å². The van der Waals surface area contributed by atoms with Gasteiger partial charge in [-0.1, -0.05) is 0 Å². The molecule has 0 bridgehead atoms. The summed E-state index contributed by atoms with van der Waals surface area (Å²) in [6.07, 6.45) is 2.35. The van der Waals surface area contributed by atoms with Gasteiger partial charge in [-0.15, -0.1) is 0 Å². The number of hydrogen-bond donors (Lipinski definition) is 1. The number of aryl methyl sites for hydroxylation is 1. The van der Waals surface area contributed by atoms with Crippen molar-refractivity contribution in [3.8, 4) is 0 Å². The standard InChI is InChI=1S/C17H21N3O3/c1-4-20-14-8-7-12(9-13(14)18-15(21)17(20)23)16(22)19(3)10(2)11-5-6-11/h7-11H,4-6H2,1-3H3,(H,18,21). The van der Waals surface area contributed by atoms with E-state index in [-0.39, 0.29) is 11.9 Å². The van der Waals surface area contributed by atoms with Gasteiger partial charge in [-0.3, -0.25) is 14.4 Å². The van der Waals surface area contributed by atoms with E-state index < -0.39 is 11.1 Å². The highest BCUT2D eigenvalue weighted by molar-refractivity contribution is 5.97. The Labute approximate surface area is 133 Å². The van der Waals surface area contributed by atoms with Crippen LogP contribution >= 0.6 is 0 Å². The van der Waals surface area contributed by atoms with Crippen molar-refractivity contribution >= 4 is 16.9 Å². The summed E-state index contributed by atoms with van der Waals surface area (Å²) in [5.41, 5.74) is 0.424. The van der Waals surface area contributed by atoms with Gasteiger partial charge in [0.15, 0.2) is 0 Å². The molecule has 23 heavy (non-hydrogen) atoms. The summed E-state index contributed by atoms with van der Waals surface area (Å²) in [4.78, 5) is 40.6. The third kappa shape index (κ3) is 2.69. The molecular formula is C17H21N3O3. The van der Waals surface area contributed by atoms with Crippen LogP contribution in [0.2, 0.25) is 0 Å². The number of rotatable bonds is 4. The Hall–Kier alpha value is -2.37. The van der Waals surface area contributed by atoms with Crippen LogP contribution < -0.4 is 11.1 Å². The van der Waals surface area contributed by atoms with Crippen LogP contribution in [0.1, 0.15) is 37.0 Å². The van der Waals surface area contributed by atoms with Crippen LogP contribution in [0.5, 0.6) is 0 Å². The molecule has 6 heteroatoms. The molecule has 6 nitrogen and oxygen atoms in total. The number of benzene rings is 1. The van der Waals surface area contributed by atoms with E-state index in [1.165, 1.54) is 17.4 Å². The minimum absolute atomic E-state index is 0.0682. The lowest BCUT2D eigenvalue weighted by molar-refractivity contribution is 0.0727. The van der Waals surface area contributed by atoms with E-state index in [0.29, 0.717) is 29.1 Å². The molecule has 0 spiro atoms. The number of nitrogens with one attached hydrogen (secondary N) is 1. The van der Waals surface area contributed by atoms with Crippen LogP contribution in [-0.4, -0.2) is 33.4 Å². The maximum absolute atomic E-state index is 12.6. The molecule has 2 aromatic rings. The number of hydrogen-bond acceptors (Lipinski definition) is 3. The van der Waals surface area contributed by atoms with Gasteiger partial charge in [0.1, 0.15) is 0 Å². The fourth-order valence-electron chi connectivity index (χ4n) is 3.01. The van der Waals surface area contributed by atoms with Crippen LogP contribution in [0.3, 0.4) is 0 Å². The zero-order valence-electron chi connectivity index (χ0n) is 13.6. The van der Waals surface area contributed by atoms with E-state index in [1.807, 2.05) is 14.0 Å². The van der Waals surface area contributed by atoms with Gasteiger partial charge in [-0.25, -0.2) is 0 Å². The van der Waals surface area contributed by atoms with Crippen molar-refractivity contribution in [2.75, 3.05) is 7.05 Å². The highest BCUT2D eigenvalue weighted by Gasteiger charge is 2.32. The van der Waals surface area contributed by atoms with E-state index in [2.05, 4.69) is 11.9 Å². The number of fused-ring (bicyclic) bond motifs is 1. The summed E-state index contributed by atoms with van der Waals surface area (Å²) in [5.74, 6) is 0.524. The van der Waals surface area contributed by atoms with Crippen molar-refractivity contribution in [3.63, 3.8) is 0 Å². The lowest BCUT2D eigenvalue weighted by Gasteiger charge is -2.25. The molecule has 1 aromatic heterocycles. The second-order valence-electron chi connectivity index (χ2n) is 6.23. The summed E-state index contributed by atoms with van der Waals surface area (Å²) in [6.45, 7) is 4.28. The minimum atomic E-state index is -0.663. The first-order valence-electron chi connectivity index (χ1n) is 7.98. The Morgan fingerprint density at radius 2 is 2.09 bits per heavy atom. The SMILES string of the molecule is CCn1c(=O)c(=O)[nH]c2cc(C(=O)N(C)C(C)C3CC3)ccc21. The first kappa shape index (κ1) is 15.5. The molecule has 1 amide bonds. The highest BCUT2D eigenvalue weighted by Crippen LogP contribution is 2.35. The van der Waals surface area contributed by atoms with E-state index in [1.54, 1.807) is 23.1 Å². The Morgan fingerprint density at radius 1 is 1.39 bits per heavy atom. The van der Waals surface area contributed by atoms with Crippen LogP contribution in [0.25, 0.3) is 11.0 Å². The summed E-state index contributed by atoms with van der Waals surface area (Å²) in [6, 6.07) is 5.30. The zero-order chi connectivity index (χ0) is 16.7.